The molecule has 0 unspecified atom stereocenters. The number of nitrogens with one attached hydrogen (secondary N) is 1. The summed E-state index contributed by atoms with van der Waals surface area (Å²) in [6.07, 6.45) is 1.72. The second-order valence-electron chi connectivity index (χ2n) is 6.24. The summed E-state index contributed by atoms with van der Waals surface area (Å²) in [5, 5.41) is 3.15. The minimum Gasteiger partial charge on any atom is -0.493 e. The summed E-state index contributed by atoms with van der Waals surface area (Å²) >= 11 is 0. The van der Waals surface area contributed by atoms with Gasteiger partial charge >= 0.3 is 0 Å². The summed E-state index contributed by atoms with van der Waals surface area (Å²) in [7, 11) is 4.83. The molecule has 1 aromatic carbocycles. The number of ether oxygens (including phenoxy) is 4. The molecule has 1 heterocycles. The summed E-state index contributed by atoms with van der Waals surface area (Å²) in [6, 6.07) is 3.84. The normalized spacial score (nSPS) is 14.9. The lowest BCUT2D eigenvalue weighted by Crippen LogP contribution is -2.37. The molecule has 0 saturated carbocycles. The van der Waals surface area contributed by atoms with Gasteiger partial charge in [-0.2, -0.15) is 0 Å². The summed E-state index contributed by atoms with van der Waals surface area (Å²) in [5.41, 5.74) is 6.98. The highest BCUT2D eigenvalue weighted by atomic mass is 127. The van der Waals surface area contributed by atoms with Crippen molar-refractivity contribution in [2.75, 3.05) is 67.3 Å². The van der Waals surface area contributed by atoms with Crippen LogP contribution in [0.15, 0.2) is 17.1 Å². The van der Waals surface area contributed by atoms with Crippen LogP contribution in [0.5, 0.6) is 17.2 Å². The highest BCUT2D eigenvalue weighted by Gasteiger charge is 2.15. The molecule has 1 aromatic rings. The zero-order valence-electron chi connectivity index (χ0n) is 17.0. The van der Waals surface area contributed by atoms with Crippen molar-refractivity contribution < 1.29 is 18.9 Å². The van der Waals surface area contributed by atoms with Crippen molar-refractivity contribution in [2.45, 2.75) is 12.8 Å². The number of methoxy groups -OCH3 is 3. The van der Waals surface area contributed by atoms with E-state index in [1.807, 2.05) is 12.1 Å². The van der Waals surface area contributed by atoms with Gasteiger partial charge in [0.1, 0.15) is 0 Å². The molecule has 28 heavy (non-hydrogen) atoms. The Labute approximate surface area is 184 Å². The first-order chi connectivity index (χ1) is 13.2. The minimum absolute atomic E-state index is 0. The molecule has 0 spiro atoms. The second-order valence-corrected chi connectivity index (χ2v) is 6.24. The fraction of sp³-hybridized carbons (Fsp3) is 0.632. The lowest BCUT2D eigenvalue weighted by molar-refractivity contribution is 0.0377. The highest BCUT2D eigenvalue weighted by molar-refractivity contribution is 14.0. The Kier molecular flexibility index (Phi) is 12.0. The summed E-state index contributed by atoms with van der Waals surface area (Å²) in [5.74, 6) is 2.39. The molecule has 0 amide bonds. The average molecular weight is 508 g/mol. The number of halogens is 1. The fourth-order valence-corrected chi connectivity index (χ4v) is 3.06. The van der Waals surface area contributed by atoms with E-state index >= 15 is 0 Å². The zero-order valence-corrected chi connectivity index (χ0v) is 19.4. The molecular formula is C19H33IN4O4. The number of hydrogen-bond donors (Lipinski definition) is 2. The smallest absolute Gasteiger partial charge is 0.203 e. The third-order valence-corrected chi connectivity index (χ3v) is 4.50. The Morgan fingerprint density at radius 2 is 1.86 bits per heavy atom. The van der Waals surface area contributed by atoms with E-state index in [0.29, 0.717) is 29.8 Å². The quantitative estimate of drug-likeness (QED) is 0.214. The molecule has 0 atom stereocenters. The van der Waals surface area contributed by atoms with Gasteiger partial charge in [-0.3, -0.25) is 9.89 Å². The van der Waals surface area contributed by atoms with Crippen molar-refractivity contribution in [1.29, 1.82) is 0 Å². The van der Waals surface area contributed by atoms with Gasteiger partial charge in [-0.05, 0) is 18.9 Å². The van der Waals surface area contributed by atoms with Crippen LogP contribution in [-0.4, -0.2) is 78.1 Å². The van der Waals surface area contributed by atoms with Crippen LogP contribution in [0.4, 0.5) is 0 Å². The molecule has 8 nitrogen and oxygen atoms in total. The van der Waals surface area contributed by atoms with Crippen molar-refractivity contribution in [2.24, 2.45) is 10.7 Å². The van der Waals surface area contributed by atoms with Crippen LogP contribution in [-0.2, 0) is 11.2 Å². The van der Waals surface area contributed by atoms with Crippen LogP contribution in [0.3, 0.4) is 0 Å². The lowest BCUT2D eigenvalue weighted by Gasteiger charge is -2.26. The Morgan fingerprint density at radius 1 is 1.14 bits per heavy atom. The van der Waals surface area contributed by atoms with Gasteiger partial charge in [0.25, 0.3) is 0 Å². The first kappa shape index (κ1) is 24.6. The summed E-state index contributed by atoms with van der Waals surface area (Å²) in [6.45, 7) is 6.07. The Hall–Kier alpha value is -1.46. The van der Waals surface area contributed by atoms with Crippen LogP contribution in [0, 0.1) is 0 Å². The van der Waals surface area contributed by atoms with Gasteiger partial charge in [-0.1, -0.05) is 6.07 Å². The highest BCUT2D eigenvalue weighted by Crippen LogP contribution is 2.39. The van der Waals surface area contributed by atoms with E-state index in [9.17, 15) is 0 Å². The molecule has 0 radical (unpaired) electrons. The van der Waals surface area contributed by atoms with Crippen LogP contribution in [0.2, 0.25) is 0 Å². The largest absolute Gasteiger partial charge is 0.493 e. The number of guanidine groups is 1. The van der Waals surface area contributed by atoms with E-state index in [-0.39, 0.29) is 24.0 Å². The standard InChI is InChI=1S/C19H32N4O4.HI/c1-24-16-6-5-15(17(25-2)18(16)26-3)7-9-22-19(20)21-8-4-10-23-11-13-27-14-12-23;/h5-6H,4,7-14H2,1-3H3,(H3,20,21,22);1H. The van der Waals surface area contributed by atoms with E-state index in [1.54, 1.807) is 21.3 Å². The maximum Gasteiger partial charge on any atom is 0.203 e. The predicted molar refractivity (Wildman–Crippen MR) is 122 cm³/mol. The second kappa shape index (κ2) is 13.7. The monoisotopic (exact) mass is 508 g/mol. The van der Waals surface area contributed by atoms with E-state index in [4.69, 9.17) is 24.7 Å². The third kappa shape index (κ3) is 7.51. The molecule has 2 rings (SSSR count). The van der Waals surface area contributed by atoms with Gasteiger partial charge in [0.2, 0.25) is 5.75 Å². The number of benzene rings is 1. The number of hydrogen-bond acceptors (Lipinski definition) is 6. The summed E-state index contributed by atoms with van der Waals surface area (Å²) in [4.78, 5) is 6.79. The van der Waals surface area contributed by atoms with Gasteiger partial charge in [-0.25, -0.2) is 0 Å². The van der Waals surface area contributed by atoms with Crippen LogP contribution >= 0.6 is 24.0 Å². The number of nitrogens with two attached hydrogens (primary N) is 1. The summed E-state index contributed by atoms with van der Waals surface area (Å²) < 4.78 is 21.6. The average Bonchev–Trinajstić information content (AvgIpc) is 2.71. The van der Waals surface area contributed by atoms with Crippen molar-refractivity contribution in [1.82, 2.24) is 10.2 Å². The zero-order chi connectivity index (χ0) is 19.5. The molecule has 0 aromatic heterocycles. The molecule has 1 saturated heterocycles. The molecule has 1 fully saturated rings. The van der Waals surface area contributed by atoms with E-state index < -0.39 is 0 Å². The Bertz CT molecular complexity index is 610. The number of nitrogens with zero attached hydrogens (tertiary/aromatic N) is 2. The first-order valence-corrected chi connectivity index (χ1v) is 9.31. The Balaban J connectivity index is 0.00000392. The Morgan fingerprint density at radius 3 is 2.50 bits per heavy atom. The number of rotatable bonds is 10. The van der Waals surface area contributed by atoms with E-state index in [1.165, 1.54) is 0 Å². The number of aliphatic imine (C=N–C) groups is 1. The van der Waals surface area contributed by atoms with Crippen molar-refractivity contribution in [3.63, 3.8) is 0 Å². The molecular weight excluding hydrogens is 475 g/mol. The molecule has 1 aliphatic heterocycles. The van der Waals surface area contributed by atoms with Crippen molar-refractivity contribution in [3.05, 3.63) is 17.7 Å². The maximum absolute atomic E-state index is 5.96. The molecule has 160 valence electrons. The van der Waals surface area contributed by atoms with Gasteiger partial charge in [-0.15, -0.1) is 24.0 Å². The maximum atomic E-state index is 5.96. The molecule has 3 N–H and O–H groups in total. The lowest BCUT2D eigenvalue weighted by atomic mass is 10.1. The van der Waals surface area contributed by atoms with Gasteiger partial charge in [0.05, 0.1) is 34.5 Å². The molecule has 0 aliphatic carbocycles. The molecule has 0 bridgehead atoms. The van der Waals surface area contributed by atoms with Crippen molar-refractivity contribution >= 4 is 29.9 Å². The van der Waals surface area contributed by atoms with Crippen molar-refractivity contribution in [3.8, 4) is 17.2 Å². The fourth-order valence-electron chi connectivity index (χ4n) is 3.06. The first-order valence-electron chi connectivity index (χ1n) is 9.31. The minimum atomic E-state index is 0. The van der Waals surface area contributed by atoms with Gasteiger partial charge < -0.3 is 30.0 Å². The third-order valence-electron chi connectivity index (χ3n) is 4.50. The van der Waals surface area contributed by atoms with E-state index in [0.717, 1.165) is 57.8 Å². The van der Waals surface area contributed by atoms with Crippen LogP contribution in [0.25, 0.3) is 0 Å². The predicted octanol–water partition coefficient (Wildman–Crippen LogP) is 1.50. The number of morpholine rings is 1. The molecule has 1 aliphatic rings. The van der Waals surface area contributed by atoms with Gasteiger partial charge in [0, 0.05) is 38.3 Å². The van der Waals surface area contributed by atoms with Crippen LogP contribution in [0.1, 0.15) is 12.0 Å². The van der Waals surface area contributed by atoms with Gasteiger partial charge in [0.15, 0.2) is 17.5 Å². The van der Waals surface area contributed by atoms with Crippen LogP contribution < -0.4 is 25.3 Å². The van der Waals surface area contributed by atoms with E-state index in [2.05, 4.69) is 15.2 Å². The SMILES string of the molecule is COc1ccc(CCNC(N)=NCCCN2CCOCC2)c(OC)c1OC.I. The molecule has 9 heteroatoms. The topological polar surface area (TPSA) is 90.6 Å².